The lowest BCUT2D eigenvalue weighted by atomic mass is 9.96. The summed E-state index contributed by atoms with van der Waals surface area (Å²) in [5, 5.41) is 13.5. The Morgan fingerprint density at radius 1 is 1.54 bits per heavy atom. The lowest BCUT2D eigenvalue weighted by molar-refractivity contribution is 0.364. The highest BCUT2D eigenvalue weighted by molar-refractivity contribution is 6.31. The predicted molar refractivity (Wildman–Crippen MR) is 53.2 cm³/mol. The smallest absolute Gasteiger partial charge is 0.121 e. The summed E-state index contributed by atoms with van der Waals surface area (Å²) >= 11 is 5.87. The van der Waals surface area contributed by atoms with Crippen LogP contribution in [0.5, 0.6) is 5.75 Å². The number of phenolic OH excluding ortho intramolecular Hbond substituents is 1. The van der Waals surface area contributed by atoms with Gasteiger partial charge in [0.2, 0.25) is 0 Å². The summed E-state index contributed by atoms with van der Waals surface area (Å²) in [6.07, 6.45) is 1.09. The summed E-state index contributed by atoms with van der Waals surface area (Å²) in [5.41, 5.74) is 1.98. The highest BCUT2D eigenvalue weighted by atomic mass is 35.5. The van der Waals surface area contributed by atoms with Crippen LogP contribution in [0.25, 0.3) is 0 Å². The lowest BCUT2D eigenvalue weighted by Gasteiger charge is -2.28. The summed E-state index contributed by atoms with van der Waals surface area (Å²) in [6, 6.07) is 3.89. The Balaban J connectivity index is 2.39. The first-order valence-electron chi connectivity index (χ1n) is 4.41. The zero-order valence-electron chi connectivity index (χ0n) is 7.47. The fourth-order valence-corrected chi connectivity index (χ4v) is 1.68. The summed E-state index contributed by atoms with van der Waals surface area (Å²) in [7, 11) is 0. The van der Waals surface area contributed by atoms with Gasteiger partial charge >= 0.3 is 0 Å². The second-order valence-electron chi connectivity index (χ2n) is 3.46. The van der Waals surface area contributed by atoms with E-state index < -0.39 is 0 Å². The van der Waals surface area contributed by atoms with Crippen molar-refractivity contribution in [2.45, 2.75) is 19.4 Å². The molecule has 2 rings (SSSR count). The van der Waals surface area contributed by atoms with Gasteiger partial charge in [-0.1, -0.05) is 11.6 Å². The highest BCUT2D eigenvalue weighted by Crippen LogP contribution is 2.33. The first-order valence-corrected chi connectivity index (χ1v) is 4.78. The van der Waals surface area contributed by atoms with Crippen LogP contribution in [0.15, 0.2) is 12.1 Å². The molecule has 3 heteroatoms. The molecule has 0 amide bonds. The monoisotopic (exact) mass is 197 g/mol. The number of aromatic hydroxyl groups is 1. The molecule has 0 aliphatic carbocycles. The summed E-state index contributed by atoms with van der Waals surface area (Å²) in [4.78, 5) is 0. The third-order valence-corrected chi connectivity index (χ3v) is 2.91. The minimum atomic E-state index is 0.299. The van der Waals surface area contributed by atoms with Crippen LogP contribution in [0.4, 0.5) is 0 Å². The first-order chi connectivity index (χ1) is 6.18. The van der Waals surface area contributed by atoms with Crippen molar-refractivity contribution in [3.8, 4) is 5.75 Å². The molecule has 13 heavy (non-hydrogen) atoms. The Hall–Kier alpha value is -0.730. The van der Waals surface area contributed by atoms with E-state index in [1.807, 2.05) is 13.0 Å². The molecule has 1 heterocycles. The Morgan fingerprint density at radius 2 is 2.23 bits per heavy atom. The van der Waals surface area contributed by atoms with Crippen molar-refractivity contribution in [1.29, 1.82) is 0 Å². The summed E-state index contributed by atoms with van der Waals surface area (Å²) in [5.74, 6) is 0.299. The Morgan fingerprint density at radius 3 is 2.77 bits per heavy atom. The normalized spacial score (nSPS) is 21.2. The van der Waals surface area contributed by atoms with E-state index in [0.717, 1.165) is 24.1 Å². The molecule has 1 saturated heterocycles. The second kappa shape index (κ2) is 3.20. The number of rotatable bonds is 1. The third-order valence-electron chi connectivity index (χ3n) is 2.51. The molecule has 0 spiro atoms. The van der Waals surface area contributed by atoms with E-state index in [0.29, 0.717) is 16.8 Å². The first kappa shape index (κ1) is 8.85. The van der Waals surface area contributed by atoms with Gasteiger partial charge in [-0.3, -0.25) is 0 Å². The zero-order valence-corrected chi connectivity index (χ0v) is 8.23. The van der Waals surface area contributed by atoms with E-state index in [1.54, 1.807) is 6.07 Å². The van der Waals surface area contributed by atoms with Crippen molar-refractivity contribution in [2.24, 2.45) is 0 Å². The minimum absolute atomic E-state index is 0.299. The molecular formula is C10H12ClNO. The van der Waals surface area contributed by atoms with E-state index >= 15 is 0 Å². The van der Waals surface area contributed by atoms with Gasteiger partial charge in [0, 0.05) is 16.6 Å². The van der Waals surface area contributed by atoms with Crippen molar-refractivity contribution in [3.05, 3.63) is 28.3 Å². The maximum atomic E-state index is 9.63. The Labute approximate surface area is 82.5 Å². The van der Waals surface area contributed by atoms with Crippen LogP contribution >= 0.6 is 11.6 Å². The number of aryl methyl sites for hydroxylation is 1. The maximum absolute atomic E-state index is 9.63. The van der Waals surface area contributed by atoms with Crippen molar-refractivity contribution < 1.29 is 5.11 Å². The number of hydrogen-bond donors (Lipinski definition) is 2. The second-order valence-corrected chi connectivity index (χ2v) is 3.86. The van der Waals surface area contributed by atoms with Crippen LogP contribution in [-0.2, 0) is 0 Å². The van der Waals surface area contributed by atoms with Crippen LogP contribution < -0.4 is 5.32 Å². The van der Waals surface area contributed by atoms with Gasteiger partial charge in [-0.15, -0.1) is 0 Å². The molecule has 1 aliphatic heterocycles. The lowest BCUT2D eigenvalue weighted by Crippen LogP contribution is -2.34. The summed E-state index contributed by atoms with van der Waals surface area (Å²) in [6.45, 7) is 2.98. The average Bonchev–Trinajstić information content (AvgIpc) is 1.96. The van der Waals surface area contributed by atoms with Gasteiger partial charge in [0.15, 0.2) is 0 Å². The molecule has 0 radical (unpaired) electrons. The summed E-state index contributed by atoms with van der Waals surface area (Å²) < 4.78 is 0. The van der Waals surface area contributed by atoms with Crippen LogP contribution in [0.2, 0.25) is 5.02 Å². The van der Waals surface area contributed by atoms with E-state index in [9.17, 15) is 5.11 Å². The van der Waals surface area contributed by atoms with Gasteiger partial charge in [-0.25, -0.2) is 0 Å². The minimum Gasteiger partial charge on any atom is -0.508 e. The van der Waals surface area contributed by atoms with Gasteiger partial charge in [-0.2, -0.15) is 0 Å². The maximum Gasteiger partial charge on any atom is 0.121 e. The highest BCUT2D eigenvalue weighted by Gasteiger charge is 2.21. The van der Waals surface area contributed by atoms with Crippen LogP contribution in [0, 0.1) is 6.92 Å². The molecule has 1 atom stereocenters. The van der Waals surface area contributed by atoms with Crippen LogP contribution in [0.3, 0.4) is 0 Å². The standard InChI is InChI=1S/C10H12ClNO/c1-6-4-7(9-2-3-12-9)10(13)5-8(6)11/h4-5,9,12-13H,2-3H2,1H3/t9-/m1/s1. The molecular weight excluding hydrogens is 186 g/mol. The number of halogens is 1. The molecule has 0 saturated carbocycles. The molecule has 2 nitrogen and oxygen atoms in total. The fraction of sp³-hybridized carbons (Fsp3) is 0.400. The SMILES string of the molecule is Cc1cc([C@H]2CCN2)c(O)cc1Cl. The van der Waals surface area contributed by atoms with Crippen molar-refractivity contribution >= 4 is 11.6 Å². The number of benzene rings is 1. The molecule has 0 bridgehead atoms. The molecule has 0 aromatic heterocycles. The zero-order chi connectivity index (χ0) is 9.42. The van der Waals surface area contributed by atoms with Crippen molar-refractivity contribution in [3.63, 3.8) is 0 Å². The molecule has 70 valence electrons. The topological polar surface area (TPSA) is 32.3 Å². The number of nitrogens with one attached hydrogen (secondary N) is 1. The Kier molecular flexibility index (Phi) is 2.18. The average molecular weight is 198 g/mol. The number of hydrogen-bond acceptors (Lipinski definition) is 2. The third kappa shape index (κ3) is 1.52. The molecule has 1 fully saturated rings. The largest absolute Gasteiger partial charge is 0.508 e. The molecule has 2 N–H and O–H groups in total. The van der Waals surface area contributed by atoms with E-state index in [4.69, 9.17) is 11.6 Å². The molecule has 1 aromatic rings. The van der Waals surface area contributed by atoms with Crippen molar-refractivity contribution in [1.82, 2.24) is 5.32 Å². The van der Waals surface area contributed by atoms with Gasteiger partial charge in [0.05, 0.1) is 0 Å². The fourth-order valence-electron chi connectivity index (χ4n) is 1.53. The van der Waals surface area contributed by atoms with Gasteiger partial charge in [0.1, 0.15) is 5.75 Å². The van der Waals surface area contributed by atoms with Crippen LogP contribution in [-0.4, -0.2) is 11.7 Å². The van der Waals surface area contributed by atoms with Gasteiger partial charge in [-0.05, 0) is 37.6 Å². The van der Waals surface area contributed by atoms with Gasteiger partial charge in [0.25, 0.3) is 0 Å². The molecule has 1 aromatic carbocycles. The van der Waals surface area contributed by atoms with Gasteiger partial charge < -0.3 is 10.4 Å². The molecule has 1 aliphatic rings. The van der Waals surface area contributed by atoms with E-state index in [2.05, 4.69) is 5.32 Å². The number of phenols is 1. The van der Waals surface area contributed by atoms with E-state index in [1.165, 1.54) is 0 Å². The molecule has 0 unspecified atom stereocenters. The predicted octanol–water partition coefficient (Wildman–Crippen LogP) is 2.39. The van der Waals surface area contributed by atoms with E-state index in [-0.39, 0.29) is 0 Å². The van der Waals surface area contributed by atoms with Crippen molar-refractivity contribution in [2.75, 3.05) is 6.54 Å². The quantitative estimate of drug-likeness (QED) is 0.725. The van der Waals surface area contributed by atoms with Crippen LogP contribution in [0.1, 0.15) is 23.6 Å². The Bertz CT molecular complexity index is 334.